The van der Waals surface area contributed by atoms with Gasteiger partial charge in [-0.3, -0.25) is 4.79 Å². The normalized spacial score (nSPS) is 12.0. The largest absolute Gasteiger partial charge is 0.481 e. The first-order chi connectivity index (χ1) is 8.36. The van der Waals surface area contributed by atoms with E-state index in [2.05, 4.69) is 11.9 Å². The van der Waals surface area contributed by atoms with Crippen LogP contribution in [-0.4, -0.2) is 42.1 Å². The molecule has 1 atom stereocenters. The van der Waals surface area contributed by atoms with E-state index in [0.29, 0.717) is 19.0 Å². The Hall–Kier alpha value is -1.52. The van der Waals surface area contributed by atoms with Gasteiger partial charge in [0, 0.05) is 26.6 Å². The number of hydrogen-bond donors (Lipinski definition) is 2. The van der Waals surface area contributed by atoms with Gasteiger partial charge in [0.15, 0.2) is 0 Å². The molecule has 0 aromatic carbocycles. The zero-order chi connectivity index (χ0) is 14.1. The second kappa shape index (κ2) is 8.55. The Balaban J connectivity index is 4.19. The highest BCUT2D eigenvalue weighted by molar-refractivity contribution is 5.74. The molecule has 2 N–H and O–H groups in total. The van der Waals surface area contributed by atoms with Gasteiger partial charge in [-0.05, 0) is 18.3 Å². The Labute approximate surface area is 109 Å². The van der Waals surface area contributed by atoms with Gasteiger partial charge in [0.05, 0.1) is 0 Å². The fourth-order valence-corrected chi connectivity index (χ4v) is 1.80. The van der Waals surface area contributed by atoms with Crippen molar-refractivity contribution in [1.29, 1.82) is 0 Å². The van der Waals surface area contributed by atoms with Crippen LogP contribution < -0.4 is 5.32 Å². The Morgan fingerprint density at radius 2 is 2.06 bits per heavy atom. The lowest BCUT2D eigenvalue weighted by atomic mass is 9.94. The minimum absolute atomic E-state index is 0.0245. The van der Waals surface area contributed by atoms with Crippen LogP contribution in [0.4, 0.5) is 4.79 Å². The Kier molecular flexibility index (Phi) is 7.83. The van der Waals surface area contributed by atoms with Gasteiger partial charge < -0.3 is 15.3 Å². The van der Waals surface area contributed by atoms with E-state index in [1.54, 1.807) is 13.1 Å². The van der Waals surface area contributed by atoms with Gasteiger partial charge >= 0.3 is 12.0 Å². The number of nitrogens with zero attached hydrogens (tertiary/aromatic N) is 1. The molecule has 18 heavy (non-hydrogen) atoms. The average molecular weight is 256 g/mol. The molecule has 2 amide bonds. The molecular weight excluding hydrogens is 232 g/mol. The molecular formula is C13H24N2O3. The SMILES string of the molecule is C=CCN(C)C(=O)NC[C@H](CC(=O)O)CC(C)C. The molecule has 0 aromatic rings. The number of nitrogens with one attached hydrogen (secondary N) is 1. The Morgan fingerprint density at radius 1 is 1.44 bits per heavy atom. The maximum atomic E-state index is 11.6. The first kappa shape index (κ1) is 16.5. The van der Waals surface area contributed by atoms with Crippen molar-refractivity contribution in [2.24, 2.45) is 11.8 Å². The summed E-state index contributed by atoms with van der Waals surface area (Å²) in [7, 11) is 1.67. The summed E-state index contributed by atoms with van der Waals surface area (Å²) >= 11 is 0. The van der Waals surface area contributed by atoms with Gasteiger partial charge in [0.25, 0.3) is 0 Å². The summed E-state index contributed by atoms with van der Waals surface area (Å²) in [5.41, 5.74) is 0. The van der Waals surface area contributed by atoms with Gasteiger partial charge in [-0.25, -0.2) is 4.79 Å². The molecule has 0 spiro atoms. The molecule has 0 rings (SSSR count). The first-order valence-electron chi connectivity index (χ1n) is 6.18. The highest BCUT2D eigenvalue weighted by Crippen LogP contribution is 2.14. The van der Waals surface area contributed by atoms with Crippen LogP contribution in [-0.2, 0) is 4.79 Å². The highest BCUT2D eigenvalue weighted by atomic mass is 16.4. The monoisotopic (exact) mass is 256 g/mol. The molecule has 0 saturated heterocycles. The van der Waals surface area contributed by atoms with Crippen molar-refractivity contribution >= 4 is 12.0 Å². The average Bonchev–Trinajstić information content (AvgIpc) is 2.24. The lowest BCUT2D eigenvalue weighted by Crippen LogP contribution is -2.40. The predicted octanol–water partition coefficient (Wildman–Crippen LogP) is 1.95. The van der Waals surface area contributed by atoms with Gasteiger partial charge in [0.2, 0.25) is 0 Å². The third-order valence-corrected chi connectivity index (χ3v) is 2.56. The third kappa shape index (κ3) is 7.70. The van der Waals surface area contributed by atoms with Gasteiger partial charge in [-0.15, -0.1) is 6.58 Å². The maximum Gasteiger partial charge on any atom is 0.317 e. The number of urea groups is 1. The number of carboxylic acids is 1. The van der Waals surface area contributed by atoms with E-state index in [1.807, 2.05) is 13.8 Å². The van der Waals surface area contributed by atoms with Crippen LogP contribution in [0.2, 0.25) is 0 Å². The third-order valence-electron chi connectivity index (χ3n) is 2.56. The molecule has 0 radical (unpaired) electrons. The summed E-state index contributed by atoms with van der Waals surface area (Å²) < 4.78 is 0. The van der Waals surface area contributed by atoms with E-state index < -0.39 is 5.97 Å². The fraction of sp³-hybridized carbons (Fsp3) is 0.692. The van der Waals surface area contributed by atoms with E-state index in [-0.39, 0.29) is 18.4 Å². The number of likely N-dealkylation sites (N-methyl/N-ethyl adjacent to an activating group) is 1. The predicted molar refractivity (Wildman–Crippen MR) is 71.4 cm³/mol. The molecule has 0 aromatic heterocycles. The molecule has 0 unspecified atom stereocenters. The van der Waals surface area contributed by atoms with Gasteiger partial charge in [-0.2, -0.15) is 0 Å². The molecule has 0 aliphatic carbocycles. The van der Waals surface area contributed by atoms with Crippen LogP contribution in [0.15, 0.2) is 12.7 Å². The number of amides is 2. The van der Waals surface area contributed by atoms with Crippen LogP contribution in [0.3, 0.4) is 0 Å². The van der Waals surface area contributed by atoms with Crippen LogP contribution in [0.1, 0.15) is 26.7 Å². The molecule has 0 bridgehead atoms. The van der Waals surface area contributed by atoms with Crippen LogP contribution >= 0.6 is 0 Å². The van der Waals surface area contributed by atoms with E-state index in [4.69, 9.17) is 5.11 Å². The summed E-state index contributed by atoms with van der Waals surface area (Å²) in [6.45, 7) is 8.51. The van der Waals surface area contributed by atoms with Crippen molar-refractivity contribution in [2.75, 3.05) is 20.1 Å². The van der Waals surface area contributed by atoms with E-state index >= 15 is 0 Å². The van der Waals surface area contributed by atoms with E-state index in [0.717, 1.165) is 6.42 Å². The summed E-state index contributed by atoms with van der Waals surface area (Å²) in [5, 5.41) is 11.6. The molecule has 0 aliphatic rings. The number of hydrogen-bond acceptors (Lipinski definition) is 2. The minimum atomic E-state index is -0.825. The highest BCUT2D eigenvalue weighted by Gasteiger charge is 2.16. The fourth-order valence-electron chi connectivity index (χ4n) is 1.80. The van der Waals surface area contributed by atoms with Crippen LogP contribution in [0.25, 0.3) is 0 Å². The molecule has 5 heteroatoms. The first-order valence-corrected chi connectivity index (χ1v) is 6.18. The number of rotatable bonds is 8. The van der Waals surface area contributed by atoms with Crippen molar-refractivity contribution in [3.8, 4) is 0 Å². The van der Waals surface area contributed by atoms with Gasteiger partial charge in [0.1, 0.15) is 0 Å². The van der Waals surface area contributed by atoms with Crippen molar-refractivity contribution in [2.45, 2.75) is 26.7 Å². The second-order valence-electron chi connectivity index (χ2n) is 4.95. The summed E-state index contributed by atoms with van der Waals surface area (Å²) in [6, 6.07) is -0.200. The Morgan fingerprint density at radius 3 is 2.50 bits per heavy atom. The minimum Gasteiger partial charge on any atom is -0.481 e. The maximum absolute atomic E-state index is 11.6. The summed E-state index contributed by atoms with van der Waals surface area (Å²) in [5.74, 6) is -0.435. The molecule has 5 nitrogen and oxygen atoms in total. The zero-order valence-corrected chi connectivity index (χ0v) is 11.5. The lowest BCUT2D eigenvalue weighted by Gasteiger charge is -2.21. The lowest BCUT2D eigenvalue weighted by molar-refractivity contribution is -0.138. The molecule has 0 aliphatic heterocycles. The second-order valence-corrected chi connectivity index (χ2v) is 4.95. The van der Waals surface area contributed by atoms with E-state index in [1.165, 1.54) is 4.90 Å². The molecule has 0 saturated carbocycles. The number of carbonyl (C=O) groups excluding carboxylic acids is 1. The number of carboxylic acid groups (broad SMARTS) is 1. The van der Waals surface area contributed by atoms with Crippen molar-refractivity contribution in [3.05, 3.63) is 12.7 Å². The smallest absolute Gasteiger partial charge is 0.317 e. The van der Waals surface area contributed by atoms with Crippen molar-refractivity contribution in [1.82, 2.24) is 10.2 Å². The number of carbonyl (C=O) groups is 2. The summed E-state index contributed by atoms with van der Waals surface area (Å²) in [6.07, 6.45) is 2.52. The standard InChI is InChI=1S/C13H24N2O3/c1-5-6-15(4)13(18)14-9-11(7-10(2)3)8-12(16)17/h5,10-11H,1,6-9H2,2-4H3,(H,14,18)(H,16,17)/t11-/m0/s1. The summed E-state index contributed by atoms with van der Waals surface area (Å²) in [4.78, 5) is 23.9. The molecule has 0 fully saturated rings. The van der Waals surface area contributed by atoms with Gasteiger partial charge in [-0.1, -0.05) is 19.9 Å². The topological polar surface area (TPSA) is 69.6 Å². The quantitative estimate of drug-likeness (QED) is 0.652. The van der Waals surface area contributed by atoms with Crippen LogP contribution in [0.5, 0.6) is 0 Å². The molecule has 0 heterocycles. The van der Waals surface area contributed by atoms with Crippen molar-refractivity contribution in [3.63, 3.8) is 0 Å². The van der Waals surface area contributed by atoms with E-state index in [9.17, 15) is 9.59 Å². The number of aliphatic carboxylic acids is 1. The van der Waals surface area contributed by atoms with Crippen LogP contribution in [0, 0.1) is 11.8 Å². The molecule has 104 valence electrons. The zero-order valence-electron chi connectivity index (χ0n) is 11.5. The van der Waals surface area contributed by atoms with Crippen molar-refractivity contribution < 1.29 is 14.7 Å². The Bertz CT molecular complexity index is 290.